The molecule has 0 saturated carbocycles. The summed E-state index contributed by atoms with van der Waals surface area (Å²) in [6, 6.07) is 2.07. The molecule has 0 spiro atoms. The highest BCUT2D eigenvalue weighted by Gasteiger charge is 2.01. The molecule has 0 aliphatic carbocycles. The topological polar surface area (TPSA) is 26.3 Å². The van der Waals surface area contributed by atoms with Gasteiger partial charge in [0.05, 0.1) is 12.4 Å². The second kappa shape index (κ2) is 6.05. The highest BCUT2D eigenvalue weighted by Crippen LogP contribution is 2.14. The van der Waals surface area contributed by atoms with Crippen LogP contribution in [0.1, 0.15) is 12.5 Å². The molecule has 2 nitrogen and oxygen atoms in total. The number of rotatable bonds is 5. The average molecular weight is 216 g/mol. The molecule has 1 rings (SSSR count). The molecule has 4 heteroatoms. The number of thiophene rings is 1. The summed E-state index contributed by atoms with van der Waals surface area (Å²) >= 11 is 3.27. The highest BCUT2D eigenvalue weighted by atomic mass is 32.2. The van der Waals surface area contributed by atoms with Gasteiger partial charge in [0.1, 0.15) is 0 Å². The van der Waals surface area contributed by atoms with Gasteiger partial charge in [-0.25, -0.2) is 0 Å². The Morgan fingerprint density at radius 2 is 2.54 bits per heavy atom. The molecular weight excluding hydrogens is 204 g/mol. The number of esters is 1. The predicted octanol–water partition coefficient (Wildman–Crippen LogP) is 2.54. The van der Waals surface area contributed by atoms with Crippen molar-refractivity contribution < 1.29 is 9.53 Å². The molecule has 0 aromatic carbocycles. The van der Waals surface area contributed by atoms with Gasteiger partial charge in [-0.2, -0.15) is 11.3 Å². The Balaban J connectivity index is 2.11. The third kappa shape index (κ3) is 4.33. The number of carbonyl (C=O) groups is 1. The minimum atomic E-state index is -0.122. The van der Waals surface area contributed by atoms with E-state index in [9.17, 15) is 4.79 Å². The fraction of sp³-hybridized carbons (Fsp3) is 0.444. The maximum absolute atomic E-state index is 10.9. The maximum atomic E-state index is 10.9. The summed E-state index contributed by atoms with van der Waals surface area (Å²) in [5.41, 5.74) is 1.28. The van der Waals surface area contributed by atoms with Gasteiger partial charge in [0.25, 0.3) is 0 Å². The van der Waals surface area contributed by atoms with Crippen LogP contribution in [-0.2, 0) is 15.3 Å². The predicted molar refractivity (Wildman–Crippen MR) is 57.1 cm³/mol. The smallest absolute Gasteiger partial charge is 0.315 e. The van der Waals surface area contributed by atoms with Crippen LogP contribution in [0.5, 0.6) is 0 Å². The number of thioether (sulfide) groups is 1. The normalized spacial score (nSPS) is 9.92. The number of hydrogen-bond acceptors (Lipinski definition) is 4. The van der Waals surface area contributed by atoms with Crippen molar-refractivity contribution in [3.63, 3.8) is 0 Å². The largest absolute Gasteiger partial charge is 0.465 e. The van der Waals surface area contributed by atoms with E-state index in [4.69, 9.17) is 4.74 Å². The van der Waals surface area contributed by atoms with E-state index in [0.717, 1.165) is 5.75 Å². The van der Waals surface area contributed by atoms with Crippen LogP contribution < -0.4 is 0 Å². The lowest BCUT2D eigenvalue weighted by molar-refractivity contribution is -0.139. The fourth-order valence-corrected chi connectivity index (χ4v) is 2.37. The lowest BCUT2D eigenvalue weighted by Crippen LogP contribution is -2.06. The summed E-state index contributed by atoms with van der Waals surface area (Å²) in [6.07, 6.45) is 0. The van der Waals surface area contributed by atoms with E-state index in [2.05, 4.69) is 11.4 Å². The molecular formula is C9H12O2S2. The number of ether oxygens (including phenoxy) is 1. The molecule has 0 aliphatic heterocycles. The van der Waals surface area contributed by atoms with Crippen LogP contribution in [0.3, 0.4) is 0 Å². The van der Waals surface area contributed by atoms with E-state index in [1.54, 1.807) is 23.1 Å². The third-order valence-electron chi connectivity index (χ3n) is 1.37. The standard InChI is InChI=1S/C9H12O2S2/c1-2-11-9(10)7-13-6-8-3-4-12-5-8/h3-5H,2,6-7H2,1H3. The lowest BCUT2D eigenvalue weighted by atomic mass is 10.4. The Hall–Kier alpha value is -0.480. The van der Waals surface area contributed by atoms with Crippen molar-refractivity contribution >= 4 is 29.1 Å². The van der Waals surface area contributed by atoms with Gasteiger partial charge in [-0.15, -0.1) is 11.8 Å². The van der Waals surface area contributed by atoms with Crippen molar-refractivity contribution in [2.75, 3.05) is 12.4 Å². The van der Waals surface area contributed by atoms with E-state index < -0.39 is 0 Å². The van der Waals surface area contributed by atoms with Crippen LogP contribution >= 0.6 is 23.1 Å². The first kappa shape index (κ1) is 10.6. The maximum Gasteiger partial charge on any atom is 0.315 e. The van der Waals surface area contributed by atoms with Gasteiger partial charge in [-0.1, -0.05) is 0 Å². The first-order chi connectivity index (χ1) is 6.33. The SMILES string of the molecule is CCOC(=O)CSCc1ccsc1. The number of carbonyl (C=O) groups excluding carboxylic acids is 1. The van der Waals surface area contributed by atoms with Crippen molar-refractivity contribution in [2.45, 2.75) is 12.7 Å². The molecule has 0 atom stereocenters. The molecule has 0 amide bonds. The van der Waals surface area contributed by atoms with E-state index in [0.29, 0.717) is 12.4 Å². The molecule has 13 heavy (non-hydrogen) atoms. The first-order valence-electron chi connectivity index (χ1n) is 4.07. The molecule has 0 N–H and O–H groups in total. The van der Waals surface area contributed by atoms with Crippen LogP contribution in [0, 0.1) is 0 Å². The van der Waals surface area contributed by atoms with Gasteiger partial charge < -0.3 is 4.74 Å². The third-order valence-corrected chi connectivity index (χ3v) is 3.08. The molecule has 1 aromatic heterocycles. The molecule has 72 valence electrons. The fourth-order valence-electron chi connectivity index (χ4n) is 0.830. The van der Waals surface area contributed by atoms with Gasteiger partial charge in [-0.05, 0) is 29.3 Å². The van der Waals surface area contributed by atoms with E-state index in [-0.39, 0.29) is 5.97 Å². The minimum absolute atomic E-state index is 0.122. The van der Waals surface area contributed by atoms with E-state index >= 15 is 0 Å². The van der Waals surface area contributed by atoms with E-state index in [1.807, 2.05) is 12.3 Å². The Kier molecular flexibility index (Phi) is 4.93. The Morgan fingerprint density at radius 1 is 1.69 bits per heavy atom. The molecule has 0 saturated heterocycles. The average Bonchev–Trinajstić information content (AvgIpc) is 2.57. The molecule has 0 radical (unpaired) electrons. The zero-order valence-electron chi connectivity index (χ0n) is 7.49. The van der Waals surface area contributed by atoms with Crippen molar-refractivity contribution in [3.05, 3.63) is 22.4 Å². The zero-order valence-corrected chi connectivity index (χ0v) is 9.12. The van der Waals surface area contributed by atoms with Gasteiger partial charge in [0.2, 0.25) is 0 Å². The molecule has 0 fully saturated rings. The summed E-state index contributed by atoms with van der Waals surface area (Å²) in [7, 11) is 0. The second-order valence-corrected chi connectivity index (χ2v) is 4.20. The van der Waals surface area contributed by atoms with Crippen molar-refractivity contribution in [1.82, 2.24) is 0 Å². The molecule has 1 heterocycles. The molecule has 0 bridgehead atoms. The quantitative estimate of drug-likeness (QED) is 0.708. The van der Waals surface area contributed by atoms with Crippen LogP contribution in [0.4, 0.5) is 0 Å². The lowest BCUT2D eigenvalue weighted by Gasteiger charge is -2.00. The van der Waals surface area contributed by atoms with Crippen LogP contribution in [0.2, 0.25) is 0 Å². The summed E-state index contributed by atoms with van der Waals surface area (Å²) in [5.74, 6) is 1.22. The summed E-state index contributed by atoms with van der Waals surface area (Å²) < 4.78 is 4.80. The number of hydrogen-bond donors (Lipinski definition) is 0. The minimum Gasteiger partial charge on any atom is -0.465 e. The van der Waals surface area contributed by atoms with Gasteiger partial charge in [0, 0.05) is 5.75 Å². The zero-order chi connectivity index (χ0) is 9.52. The van der Waals surface area contributed by atoms with Gasteiger partial charge in [-0.3, -0.25) is 4.79 Å². The Labute approximate surface area is 86.3 Å². The first-order valence-corrected chi connectivity index (χ1v) is 6.17. The summed E-state index contributed by atoms with van der Waals surface area (Å²) in [5, 5.41) is 4.14. The van der Waals surface area contributed by atoms with Crippen LogP contribution in [-0.4, -0.2) is 18.3 Å². The van der Waals surface area contributed by atoms with Crippen molar-refractivity contribution in [3.8, 4) is 0 Å². The van der Waals surface area contributed by atoms with Crippen LogP contribution in [0.15, 0.2) is 16.8 Å². The monoisotopic (exact) mass is 216 g/mol. The van der Waals surface area contributed by atoms with Gasteiger partial charge in [0.15, 0.2) is 0 Å². The van der Waals surface area contributed by atoms with Crippen LogP contribution in [0.25, 0.3) is 0 Å². The summed E-state index contributed by atoms with van der Waals surface area (Å²) in [6.45, 7) is 2.29. The van der Waals surface area contributed by atoms with Gasteiger partial charge >= 0.3 is 5.97 Å². The van der Waals surface area contributed by atoms with E-state index in [1.165, 1.54) is 5.56 Å². The molecule has 1 aromatic rings. The summed E-state index contributed by atoms with van der Waals surface area (Å²) in [4.78, 5) is 10.9. The second-order valence-electron chi connectivity index (χ2n) is 2.43. The Bertz CT molecular complexity index is 244. The van der Waals surface area contributed by atoms with Crippen molar-refractivity contribution in [2.24, 2.45) is 0 Å². The molecule has 0 unspecified atom stereocenters. The van der Waals surface area contributed by atoms with Crippen molar-refractivity contribution in [1.29, 1.82) is 0 Å². The highest BCUT2D eigenvalue weighted by molar-refractivity contribution is 7.99. The Morgan fingerprint density at radius 3 is 3.15 bits per heavy atom. The molecule has 0 aliphatic rings.